The molecule has 72 heavy (non-hydrogen) atoms. The Morgan fingerprint density at radius 2 is 0.597 bits per heavy atom. The summed E-state index contributed by atoms with van der Waals surface area (Å²) in [6.07, 6.45) is 17.2. The molecule has 2 atom stereocenters. The molecule has 0 aromatic heterocycles. The highest BCUT2D eigenvalue weighted by Crippen LogP contribution is 2.55. The Morgan fingerprint density at radius 3 is 0.903 bits per heavy atom. The molecule has 2 unspecified atom stereocenters. The fraction of sp³-hybridized carbons (Fsp3) is 0.438. The SMILES string of the molecule is CC1=C2C(=O)OCCCCCCCCOc3ccc(cc3)OCCCCCCCCOC(=O)C3=C(C)OC(c4ccccc4)(c4ccccc4)C3CCCCCCC2C(c2ccccc2)(c2ccccc2)O1. The summed E-state index contributed by atoms with van der Waals surface area (Å²) in [4.78, 5) is 28.7. The van der Waals surface area contributed by atoms with E-state index in [1.165, 1.54) is 0 Å². The lowest BCUT2D eigenvalue weighted by Crippen LogP contribution is -2.37. The third kappa shape index (κ3) is 12.7. The highest BCUT2D eigenvalue weighted by molar-refractivity contribution is 5.91. The van der Waals surface area contributed by atoms with Gasteiger partial charge < -0.3 is 28.4 Å². The van der Waals surface area contributed by atoms with Gasteiger partial charge >= 0.3 is 11.9 Å². The topological polar surface area (TPSA) is 89.5 Å². The van der Waals surface area contributed by atoms with Crippen LogP contribution in [0, 0.1) is 11.8 Å². The summed E-state index contributed by atoms with van der Waals surface area (Å²) >= 11 is 0. The zero-order valence-electron chi connectivity index (χ0n) is 42.8. The van der Waals surface area contributed by atoms with Crippen LogP contribution in [-0.2, 0) is 39.7 Å². The Balaban J connectivity index is 1.00. The number of hydrogen-bond acceptors (Lipinski definition) is 8. The lowest BCUT2D eigenvalue weighted by atomic mass is 9.71. The van der Waals surface area contributed by atoms with Crippen LogP contribution in [0.1, 0.15) is 152 Å². The quantitative estimate of drug-likeness (QED) is 0.165. The maximum Gasteiger partial charge on any atom is 0.337 e. The van der Waals surface area contributed by atoms with E-state index >= 15 is 0 Å². The maximum atomic E-state index is 14.4. The van der Waals surface area contributed by atoms with Crippen molar-refractivity contribution in [3.05, 3.63) is 191 Å². The van der Waals surface area contributed by atoms with Gasteiger partial charge in [-0.05, 0) is 76.6 Å². The first-order valence-electron chi connectivity index (χ1n) is 27.1. The zero-order valence-corrected chi connectivity index (χ0v) is 42.8. The average molecular weight is 973 g/mol. The molecule has 8 nitrogen and oxygen atoms in total. The van der Waals surface area contributed by atoms with Crippen molar-refractivity contribution in [1.29, 1.82) is 0 Å². The molecule has 0 aliphatic carbocycles. The largest absolute Gasteiger partial charge is 0.494 e. The molecule has 8 heteroatoms. The molecule has 380 valence electrons. The Hall–Kier alpha value is -6.28. The summed E-state index contributed by atoms with van der Waals surface area (Å²) in [5.41, 5.74) is 3.56. The van der Waals surface area contributed by atoms with Crippen LogP contribution in [0.2, 0.25) is 0 Å². The number of allylic oxidation sites excluding steroid dienone is 2. The smallest absolute Gasteiger partial charge is 0.337 e. The predicted molar refractivity (Wildman–Crippen MR) is 284 cm³/mol. The molecule has 0 spiro atoms. The summed E-state index contributed by atoms with van der Waals surface area (Å²) in [6.45, 7) is 5.97. The second kappa shape index (κ2) is 26.4. The molecular formula is C64H76O8. The predicted octanol–water partition coefficient (Wildman–Crippen LogP) is 15.3. The maximum absolute atomic E-state index is 14.4. The number of carbonyl (C=O) groups excluding carboxylic acids is 2. The monoisotopic (exact) mass is 973 g/mol. The Labute approximate surface area is 429 Å². The van der Waals surface area contributed by atoms with E-state index in [1.807, 2.05) is 111 Å². The summed E-state index contributed by atoms with van der Waals surface area (Å²) < 4.78 is 38.4. The molecule has 9 rings (SSSR count). The van der Waals surface area contributed by atoms with E-state index in [4.69, 9.17) is 28.4 Å². The molecule has 2 bridgehead atoms. The number of esters is 2. The molecule has 4 aliphatic heterocycles. The number of carbonyl (C=O) groups is 2. The molecule has 5 aromatic rings. The Bertz CT molecular complexity index is 2240. The number of ether oxygens (including phenoxy) is 6. The molecule has 4 aliphatic rings. The second-order valence-corrected chi connectivity index (χ2v) is 19.9. The van der Waals surface area contributed by atoms with Gasteiger partial charge in [0.1, 0.15) is 23.0 Å². The van der Waals surface area contributed by atoms with Crippen LogP contribution >= 0.6 is 0 Å². The van der Waals surface area contributed by atoms with E-state index in [1.54, 1.807) is 0 Å². The van der Waals surface area contributed by atoms with Gasteiger partial charge in [-0.3, -0.25) is 0 Å². The van der Waals surface area contributed by atoms with Gasteiger partial charge in [-0.2, -0.15) is 0 Å². The van der Waals surface area contributed by atoms with Crippen molar-refractivity contribution in [3.8, 4) is 11.5 Å². The minimum Gasteiger partial charge on any atom is -0.494 e. The van der Waals surface area contributed by atoms with Crippen molar-refractivity contribution in [2.24, 2.45) is 11.8 Å². The molecule has 0 fully saturated rings. The highest BCUT2D eigenvalue weighted by Gasteiger charge is 2.55. The van der Waals surface area contributed by atoms with E-state index in [2.05, 4.69) is 48.5 Å². The Morgan fingerprint density at radius 1 is 0.333 bits per heavy atom. The highest BCUT2D eigenvalue weighted by atomic mass is 16.5. The number of rotatable bonds is 4. The third-order valence-corrected chi connectivity index (χ3v) is 15.0. The van der Waals surface area contributed by atoms with Crippen LogP contribution in [-0.4, -0.2) is 38.4 Å². The standard InChI is InChI=1S/C64H76O8/c1-49-59-57(63(71-49,51-31-17-13-18-32-51)52-33-19-14-20-34-52)39-25-7-8-26-40-58-60(50(2)72-64(58,53-35-21-15-22-36-53)54-37-23-16-24-38-54)62(66)70-48-30-12-6-4-10-28-46-68-56-43-41-55(42-44-56)67-45-27-9-3-5-11-29-47-69-61(59)65/h13-24,31-38,41-44,57-58H,3-12,25-30,39-40,45-48H2,1-2H3. The summed E-state index contributed by atoms with van der Waals surface area (Å²) in [7, 11) is 0. The first kappa shape index (κ1) is 52.1. The van der Waals surface area contributed by atoms with Crippen molar-refractivity contribution in [3.63, 3.8) is 0 Å². The molecule has 0 saturated carbocycles. The van der Waals surface area contributed by atoms with Crippen LogP contribution in [0.4, 0.5) is 0 Å². The van der Waals surface area contributed by atoms with Gasteiger partial charge in [0.25, 0.3) is 0 Å². The van der Waals surface area contributed by atoms with E-state index in [-0.39, 0.29) is 23.8 Å². The summed E-state index contributed by atoms with van der Waals surface area (Å²) in [5.74, 6) is 1.87. The average Bonchev–Trinajstić information content (AvgIpc) is 3.89. The molecule has 5 aromatic carbocycles. The van der Waals surface area contributed by atoms with E-state index in [0.29, 0.717) is 49.1 Å². The summed E-state index contributed by atoms with van der Waals surface area (Å²) in [6, 6.07) is 49.4. The Kier molecular flexibility index (Phi) is 19.1. The van der Waals surface area contributed by atoms with Crippen LogP contribution in [0.3, 0.4) is 0 Å². The van der Waals surface area contributed by atoms with Crippen molar-refractivity contribution in [1.82, 2.24) is 0 Å². The molecule has 0 N–H and O–H groups in total. The van der Waals surface area contributed by atoms with Gasteiger partial charge in [-0.25, -0.2) is 9.59 Å². The minimum atomic E-state index is -0.888. The summed E-state index contributed by atoms with van der Waals surface area (Å²) in [5, 5.41) is 0. The van der Waals surface area contributed by atoms with Gasteiger partial charge in [-0.1, -0.05) is 198 Å². The van der Waals surface area contributed by atoms with Crippen molar-refractivity contribution < 1.29 is 38.0 Å². The fourth-order valence-electron chi connectivity index (χ4n) is 11.4. The van der Waals surface area contributed by atoms with Crippen molar-refractivity contribution >= 4 is 11.9 Å². The van der Waals surface area contributed by atoms with E-state index in [9.17, 15) is 9.59 Å². The number of hydrogen-bond donors (Lipinski definition) is 0. The van der Waals surface area contributed by atoms with E-state index in [0.717, 1.165) is 149 Å². The van der Waals surface area contributed by atoms with Crippen molar-refractivity contribution in [2.75, 3.05) is 26.4 Å². The van der Waals surface area contributed by atoms with E-state index < -0.39 is 11.2 Å². The molecule has 4 heterocycles. The molecule has 0 amide bonds. The van der Waals surface area contributed by atoms with Gasteiger partial charge in [0.2, 0.25) is 0 Å². The van der Waals surface area contributed by atoms with Crippen LogP contribution < -0.4 is 9.47 Å². The molecular weight excluding hydrogens is 897 g/mol. The van der Waals surface area contributed by atoms with Gasteiger partial charge in [0.05, 0.1) is 37.6 Å². The first-order valence-corrected chi connectivity index (χ1v) is 27.1. The first-order chi connectivity index (χ1) is 35.4. The zero-order chi connectivity index (χ0) is 49.9. The normalized spacial score (nSPS) is 21.6. The van der Waals surface area contributed by atoms with Gasteiger partial charge in [-0.15, -0.1) is 0 Å². The number of fused-ring (bicyclic) bond motifs is 27. The van der Waals surface area contributed by atoms with Crippen LogP contribution in [0.5, 0.6) is 11.5 Å². The van der Waals surface area contributed by atoms with Crippen LogP contribution in [0.25, 0.3) is 0 Å². The molecule has 0 saturated heterocycles. The van der Waals surface area contributed by atoms with Gasteiger partial charge in [0.15, 0.2) is 11.2 Å². The fourth-order valence-corrected chi connectivity index (χ4v) is 11.4. The number of benzene rings is 5. The third-order valence-electron chi connectivity index (χ3n) is 15.0. The van der Waals surface area contributed by atoms with Crippen LogP contribution in [0.15, 0.2) is 168 Å². The van der Waals surface area contributed by atoms with Gasteiger partial charge in [0, 0.05) is 34.1 Å². The van der Waals surface area contributed by atoms with Crippen molar-refractivity contribution in [2.45, 2.75) is 141 Å². The second-order valence-electron chi connectivity index (χ2n) is 19.9. The lowest BCUT2D eigenvalue weighted by Gasteiger charge is -2.37. The lowest BCUT2D eigenvalue weighted by molar-refractivity contribution is -0.141. The molecule has 0 radical (unpaired) electrons. The minimum absolute atomic E-state index is 0.265.